The predicted molar refractivity (Wildman–Crippen MR) is 64.8 cm³/mol. The van der Waals surface area contributed by atoms with Gasteiger partial charge >= 0.3 is 0 Å². The normalized spacial score (nSPS) is 19.7. The lowest BCUT2D eigenvalue weighted by atomic mass is 9.99. The van der Waals surface area contributed by atoms with Gasteiger partial charge < -0.3 is 5.11 Å². The van der Waals surface area contributed by atoms with Gasteiger partial charge in [-0.25, -0.2) is 0 Å². The molecule has 0 aliphatic carbocycles. The van der Waals surface area contributed by atoms with Crippen molar-refractivity contribution in [1.29, 1.82) is 0 Å². The van der Waals surface area contributed by atoms with Crippen molar-refractivity contribution in [2.45, 2.75) is 5.85 Å². The average molecular weight is 214 g/mol. The van der Waals surface area contributed by atoms with E-state index in [9.17, 15) is 5.11 Å². The summed E-state index contributed by atoms with van der Waals surface area (Å²) < 4.78 is 0. The van der Waals surface area contributed by atoms with Crippen LogP contribution in [0.3, 0.4) is 0 Å². The molecule has 0 radical (unpaired) electrons. The summed E-state index contributed by atoms with van der Waals surface area (Å²) in [4.78, 5) is 0. The highest BCUT2D eigenvalue weighted by Crippen LogP contribution is 2.43. The van der Waals surface area contributed by atoms with Gasteiger partial charge in [0.2, 0.25) is 0 Å². The average Bonchev–Trinajstić information content (AvgIpc) is 2.30. The Morgan fingerprint density at radius 3 is 2.40 bits per heavy atom. The summed E-state index contributed by atoms with van der Waals surface area (Å²) in [5.41, 5.74) is 3.52. The number of rotatable bonds is 0. The van der Waals surface area contributed by atoms with Gasteiger partial charge in [0.05, 0.1) is 5.85 Å². The molecule has 0 saturated heterocycles. The van der Waals surface area contributed by atoms with Gasteiger partial charge in [-0.3, -0.25) is 0 Å². The molecule has 2 atom stereocenters. The van der Waals surface area contributed by atoms with Crippen LogP contribution in [0.2, 0.25) is 0 Å². The van der Waals surface area contributed by atoms with Crippen molar-refractivity contribution in [2.24, 2.45) is 0 Å². The molecule has 0 amide bonds. The SMILES string of the molecule is OC1Pc2ccccc2-c2ccccc21. The summed E-state index contributed by atoms with van der Waals surface area (Å²) in [6.45, 7) is 0. The Labute approximate surface area is 90.6 Å². The molecule has 0 bridgehead atoms. The minimum absolute atomic E-state index is 0.323. The molecule has 0 saturated carbocycles. The minimum Gasteiger partial charge on any atom is -0.384 e. The highest BCUT2D eigenvalue weighted by atomic mass is 31.1. The summed E-state index contributed by atoms with van der Waals surface area (Å²) in [7, 11) is 0.469. The quantitative estimate of drug-likeness (QED) is 0.668. The largest absolute Gasteiger partial charge is 0.384 e. The second kappa shape index (κ2) is 3.44. The maximum Gasteiger partial charge on any atom is 0.0997 e. The maximum absolute atomic E-state index is 10.0. The minimum atomic E-state index is -0.323. The van der Waals surface area contributed by atoms with Gasteiger partial charge in [-0.15, -0.1) is 0 Å². The molecule has 15 heavy (non-hydrogen) atoms. The molecule has 1 heterocycles. The monoisotopic (exact) mass is 214 g/mol. The lowest BCUT2D eigenvalue weighted by Gasteiger charge is -2.23. The molecule has 1 aliphatic rings. The second-order valence-corrected chi connectivity index (χ2v) is 5.05. The first-order valence-corrected chi connectivity index (χ1v) is 6.07. The van der Waals surface area contributed by atoms with Gasteiger partial charge in [-0.2, -0.15) is 0 Å². The van der Waals surface area contributed by atoms with Gasteiger partial charge in [-0.05, 0) is 22.0 Å². The van der Waals surface area contributed by atoms with Gasteiger partial charge in [0.15, 0.2) is 0 Å². The van der Waals surface area contributed by atoms with E-state index >= 15 is 0 Å². The third-order valence-electron chi connectivity index (χ3n) is 2.76. The van der Waals surface area contributed by atoms with E-state index in [0.717, 1.165) is 5.56 Å². The zero-order chi connectivity index (χ0) is 10.3. The Bertz CT molecular complexity index is 507. The van der Waals surface area contributed by atoms with Crippen LogP contribution in [0, 0.1) is 0 Å². The summed E-state index contributed by atoms with van der Waals surface area (Å²) in [6.07, 6.45) is 0. The molecule has 0 spiro atoms. The van der Waals surface area contributed by atoms with Crippen molar-refractivity contribution in [3.05, 3.63) is 54.1 Å². The van der Waals surface area contributed by atoms with Crippen molar-refractivity contribution < 1.29 is 5.11 Å². The van der Waals surface area contributed by atoms with Gasteiger partial charge in [0, 0.05) is 0 Å². The molecule has 1 aliphatic heterocycles. The number of hydrogen-bond donors (Lipinski definition) is 1. The van der Waals surface area contributed by atoms with E-state index < -0.39 is 0 Å². The molecule has 1 N–H and O–H groups in total. The number of hydrogen-bond acceptors (Lipinski definition) is 1. The lowest BCUT2D eigenvalue weighted by molar-refractivity contribution is 0.268. The van der Waals surface area contributed by atoms with E-state index in [1.807, 2.05) is 24.3 Å². The highest BCUT2D eigenvalue weighted by Gasteiger charge is 2.21. The Balaban J connectivity index is 2.30. The molecule has 2 heteroatoms. The van der Waals surface area contributed by atoms with Crippen LogP contribution in [0.1, 0.15) is 11.4 Å². The third kappa shape index (κ3) is 1.40. The Morgan fingerprint density at radius 1 is 0.867 bits per heavy atom. The molecule has 2 unspecified atom stereocenters. The second-order valence-electron chi connectivity index (χ2n) is 3.68. The molecule has 74 valence electrons. The molecule has 0 aromatic heterocycles. The number of fused-ring (bicyclic) bond motifs is 3. The van der Waals surface area contributed by atoms with Crippen molar-refractivity contribution in [3.63, 3.8) is 0 Å². The summed E-state index contributed by atoms with van der Waals surface area (Å²) in [5, 5.41) is 11.3. The smallest absolute Gasteiger partial charge is 0.0997 e. The van der Waals surface area contributed by atoms with Gasteiger partial charge in [0.25, 0.3) is 0 Å². The lowest BCUT2D eigenvalue weighted by Crippen LogP contribution is -2.10. The number of aliphatic hydroxyl groups excluding tert-OH is 1. The van der Waals surface area contributed by atoms with Crippen LogP contribution in [0.25, 0.3) is 11.1 Å². The van der Waals surface area contributed by atoms with Crippen LogP contribution < -0.4 is 5.30 Å². The molecule has 1 nitrogen and oxygen atoms in total. The van der Waals surface area contributed by atoms with Gasteiger partial charge in [-0.1, -0.05) is 57.1 Å². The summed E-state index contributed by atoms with van der Waals surface area (Å²) in [5.74, 6) is -0.323. The Morgan fingerprint density at radius 2 is 1.53 bits per heavy atom. The van der Waals surface area contributed by atoms with E-state index in [2.05, 4.69) is 24.3 Å². The molecule has 2 aromatic carbocycles. The Hall–Kier alpha value is -1.17. The fraction of sp³-hybridized carbons (Fsp3) is 0.0769. The summed E-state index contributed by atoms with van der Waals surface area (Å²) in [6, 6.07) is 16.4. The molecule has 0 fully saturated rings. The van der Waals surface area contributed by atoms with Crippen molar-refractivity contribution in [1.82, 2.24) is 0 Å². The van der Waals surface area contributed by atoms with Crippen LogP contribution in [-0.4, -0.2) is 5.11 Å². The third-order valence-corrected chi connectivity index (χ3v) is 4.10. The number of aliphatic hydroxyl groups is 1. The van der Waals surface area contributed by atoms with Crippen molar-refractivity contribution >= 4 is 13.9 Å². The fourth-order valence-electron chi connectivity index (χ4n) is 2.05. The van der Waals surface area contributed by atoms with Crippen LogP contribution in [-0.2, 0) is 0 Å². The van der Waals surface area contributed by atoms with Crippen molar-refractivity contribution in [3.8, 4) is 11.1 Å². The molecular weight excluding hydrogens is 203 g/mol. The summed E-state index contributed by atoms with van der Waals surface area (Å²) >= 11 is 0. The topological polar surface area (TPSA) is 20.2 Å². The van der Waals surface area contributed by atoms with E-state index in [-0.39, 0.29) is 5.85 Å². The first-order chi connectivity index (χ1) is 7.36. The first-order valence-electron chi connectivity index (χ1n) is 4.99. The van der Waals surface area contributed by atoms with Crippen LogP contribution in [0.5, 0.6) is 0 Å². The van der Waals surface area contributed by atoms with Crippen molar-refractivity contribution in [2.75, 3.05) is 0 Å². The van der Waals surface area contributed by atoms with Gasteiger partial charge in [0.1, 0.15) is 0 Å². The van der Waals surface area contributed by atoms with E-state index in [1.165, 1.54) is 16.4 Å². The van der Waals surface area contributed by atoms with Crippen LogP contribution in [0.15, 0.2) is 48.5 Å². The zero-order valence-corrected chi connectivity index (χ0v) is 9.14. The Kier molecular flexibility index (Phi) is 2.09. The zero-order valence-electron chi connectivity index (χ0n) is 8.14. The van der Waals surface area contributed by atoms with Crippen LogP contribution >= 0.6 is 8.58 Å². The van der Waals surface area contributed by atoms with E-state index in [4.69, 9.17) is 0 Å². The molecular formula is C13H11OP. The fourth-order valence-corrected chi connectivity index (χ4v) is 3.32. The predicted octanol–water partition coefficient (Wildman–Crippen LogP) is 2.66. The molecule has 2 aromatic rings. The standard InChI is InChI=1S/C13H11OP/c14-13-11-7-2-1-5-9(11)10-6-3-4-8-12(10)15-13/h1-8,13-15H. The van der Waals surface area contributed by atoms with E-state index in [0.29, 0.717) is 8.58 Å². The maximum atomic E-state index is 10.0. The molecule has 3 rings (SSSR count). The first kappa shape index (κ1) is 9.08. The van der Waals surface area contributed by atoms with Crippen LogP contribution in [0.4, 0.5) is 0 Å². The van der Waals surface area contributed by atoms with E-state index in [1.54, 1.807) is 0 Å². The number of benzene rings is 2. The highest BCUT2D eigenvalue weighted by molar-refractivity contribution is 7.48.